The smallest absolute Gasteiger partial charge is 0.363 e. The predicted molar refractivity (Wildman–Crippen MR) is 61.5 cm³/mol. The number of alkyl halides is 1. The molecule has 0 saturated heterocycles. The lowest BCUT2D eigenvalue weighted by atomic mass is 9.97. The molecule has 0 aliphatic heterocycles. The Bertz CT molecular complexity index is 487. The van der Waals surface area contributed by atoms with Crippen LogP contribution in [-0.4, -0.2) is 12.6 Å². The summed E-state index contributed by atoms with van der Waals surface area (Å²) in [5.41, 5.74) is -3.07. The highest BCUT2D eigenvalue weighted by Gasteiger charge is 2.43. The number of ether oxygens (including phenoxy) is 1. The van der Waals surface area contributed by atoms with E-state index in [4.69, 9.17) is 28.5 Å². The average molecular weight is 276 g/mol. The molecule has 6 heteroatoms. The van der Waals surface area contributed by atoms with Crippen LogP contribution < -0.4 is 0 Å². The normalized spacial score (nSPS) is 13.6. The maximum absolute atomic E-state index is 14.2. The van der Waals surface area contributed by atoms with Crippen molar-refractivity contribution in [2.24, 2.45) is 0 Å². The molecule has 1 atom stereocenters. The maximum Gasteiger partial charge on any atom is 0.363 e. The van der Waals surface area contributed by atoms with Gasteiger partial charge in [0.25, 0.3) is 0 Å². The number of rotatable bonds is 3. The van der Waals surface area contributed by atoms with Gasteiger partial charge in [-0.3, -0.25) is 0 Å². The van der Waals surface area contributed by atoms with Crippen molar-refractivity contribution in [3.05, 3.63) is 33.8 Å². The molecule has 3 nitrogen and oxygen atoms in total. The van der Waals surface area contributed by atoms with Gasteiger partial charge >= 0.3 is 11.6 Å². The van der Waals surface area contributed by atoms with Crippen molar-refractivity contribution >= 4 is 29.2 Å². The first-order chi connectivity index (χ1) is 7.95. The number of carbonyl (C=O) groups is 1. The van der Waals surface area contributed by atoms with Crippen LogP contribution in [-0.2, 0) is 15.2 Å². The summed E-state index contributed by atoms with van der Waals surface area (Å²) in [6, 6.07) is 4.94. The van der Waals surface area contributed by atoms with Gasteiger partial charge in [-0.2, -0.15) is 5.26 Å². The van der Waals surface area contributed by atoms with Gasteiger partial charge in [-0.1, -0.05) is 29.3 Å². The van der Waals surface area contributed by atoms with Crippen molar-refractivity contribution in [1.29, 1.82) is 5.26 Å². The molecule has 0 bridgehead atoms. The fourth-order valence-corrected chi connectivity index (χ4v) is 1.47. The van der Waals surface area contributed by atoms with Gasteiger partial charge in [0.2, 0.25) is 0 Å². The summed E-state index contributed by atoms with van der Waals surface area (Å²) in [7, 11) is 0. The Kier molecular flexibility index (Phi) is 4.33. The maximum atomic E-state index is 14.2. The Morgan fingerprint density at radius 1 is 1.53 bits per heavy atom. The standard InChI is InChI=1S/C11H8Cl2FNO2/c1-2-17-10(16)11(14,6-15)7-3-4-8(12)9(13)5-7/h3-5H,2H2,1H3. The summed E-state index contributed by atoms with van der Waals surface area (Å²) in [6.45, 7) is 1.50. The zero-order chi connectivity index (χ0) is 13.1. The van der Waals surface area contributed by atoms with Crippen molar-refractivity contribution in [3.8, 4) is 6.07 Å². The van der Waals surface area contributed by atoms with E-state index < -0.39 is 11.6 Å². The third-order valence-corrected chi connectivity index (χ3v) is 2.77. The molecule has 0 spiro atoms. The number of hydrogen-bond donors (Lipinski definition) is 0. The zero-order valence-corrected chi connectivity index (χ0v) is 10.3. The molecule has 1 aromatic rings. The van der Waals surface area contributed by atoms with Gasteiger partial charge in [0.05, 0.1) is 16.7 Å². The van der Waals surface area contributed by atoms with Crippen molar-refractivity contribution in [2.75, 3.05) is 6.61 Å². The second kappa shape index (κ2) is 5.35. The van der Waals surface area contributed by atoms with E-state index in [9.17, 15) is 9.18 Å². The monoisotopic (exact) mass is 275 g/mol. The van der Waals surface area contributed by atoms with Gasteiger partial charge in [-0.25, -0.2) is 9.18 Å². The largest absolute Gasteiger partial charge is 0.463 e. The molecule has 17 heavy (non-hydrogen) atoms. The molecule has 0 aliphatic carbocycles. The summed E-state index contributed by atoms with van der Waals surface area (Å²) < 4.78 is 18.7. The Morgan fingerprint density at radius 3 is 2.65 bits per heavy atom. The van der Waals surface area contributed by atoms with Gasteiger partial charge in [-0.05, 0) is 19.1 Å². The summed E-state index contributed by atoms with van der Waals surface area (Å²) in [6.07, 6.45) is 0. The van der Waals surface area contributed by atoms with E-state index in [-0.39, 0.29) is 22.2 Å². The molecule has 0 saturated carbocycles. The number of halogens is 3. The molecule has 0 heterocycles. The molecular weight excluding hydrogens is 268 g/mol. The third-order valence-electron chi connectivity index (χ3n) is 2.03. The van der Waals surface area contributed by atoms with Gasteiger partial charge in [0.15, 0.2) is 0 Å². The van der Waals surface area contributed by atoms with E-state index in [1.807, 2.05) is 0 Å². The van der Waals surface area contributed by atoms with Crippen LogP contribution in [0.15, 0.2) is 18.2 Å². The Hall–Kier alpha value is -1.31. The van der Waals surface area contributed by atoms with Crippen molar-refractivity contribution in [1.82, 2.24) is 0 Å². The highest BCUT2D eigenvalue weighted by atomic mass is 35.5. The highest BCUT2D eigenvalue weighted by Crippen LogP contribution is 2.32. The third kappa shape index (κ3) is 2.68. The SMILES string of the molecule is CCOC(=O)C(F)(C#N)c1ccc(Cl)c(Cl)c1. The summed E-state index contributed by atoms with van der Waals surface area (Å²) >= 11 is 11.4. The highest BCUT2D eigenvalue weighted by molar-refractivity contribution is 6.42. The number of hydrogen-bond acceptors (Lipinski definition) is 3. The Morgan fingerprint density at radius 2 is 2.18 bits per heavy atom. The first-order valence-corrected chi connectivity index (χ1v) is 5.44. The van der Waals surface area contributed by atoms with Crippen molar-refractivity contribution < 1.29 is 13.9 Å². The molecule has 90 valence electrons. The molecule has 0 aromatic heterocycles. The van der Waals surface area contributed by atoms with Crippen LogP contribution in [0.4, 0.5) is 4.39 Å². The van der Waals surface area contributed by atoms with E-state index >= 15 is 0 Å². The predicted octanol–water partition coefficient (Wildman–Crippen LogP) is 3.24. The molecule has 0 N–H and O–H groups in total. The summed E-state index contributed by atoms with van der Waals surface area (Å²) in [5, 5.41) is 9.06. The lowest BCUT2D eigenvalue weighted by Crippen LogP contribution is -2.31. The first-order valence-electron chi connectivity index (χ1n) is 4.68. The number of benzene rings is 1. The molecule has 0 fully saturated rings. The second-order valence-corrected chi connectivity index (χ2v) is 3.93. The van der Waals surface area contributed by atoms with E-state index in [1.165, 1.54) is 25.1 Å². The lowest BCUT2D eigenvalue weighted by molar-refractivity contribution is -0.154. The summed E-state index contributed by atoms with van der Waals surface area (Å²) in [4.78, 5) is 11.4. The zero-order valence-electron chi connectivity index (χ0n) is 8.84. The van der Waals surface area contributed by atoms with Crippen LogP contribution in [0, 0.1) is 11.3 Å². The molecule has 0 aliphatic rings. The molecule has 0 radical (unpaired) electrons. The second-order valence-electron chi connectivity index (χ2n) is 3.12. The molecule has 1 unspecified atom stereocenters. The molecule has 0 amide bonds. The van der Waals surface area contributed by atoms with E-state index in [0.29, 0.717) is 0 Å². The van der Waals surface area contributed by atoms with E-state index in [0.717, 1.165) is 6.07 Å². The number of nitriles is 1. The van der Waals surface area contributed by atoms with Gasteiger partial charge < -0.3 is 4.74 Å². The quantitative estimate of drug-likeness (QED) is 0.796. The van der Waals surface area contributed by atoms with Gasteiger partial charge in [0, 0.05) is 5.56 Å². The van der Waals surface area contributed by atoms with Gasteiger partial charge in [-0.15, -0.1) is 0 Å². The van der Waals surface area contributed by atoms with Crippen LogP contribution in [0.25, 0.3) is 0 Å². The Balaban J connectivity index is 3.22. The van der Waals surface area contributed by atoms with E-state index in [1.54, 1.807) is 0 Å². The van der Waals surface area contributed by atoms with Crippen molar-refractivity contribution in [2.45, 2.75) is 12.6 Å². The first kappa shape index (κ1) is 13.8. The minimum Gasteiger partial charge on any atom is -0.463 e. The van der Waals surface area contributed by atoms with Gasteiger partial charge in [0.1, 0.15) is 6.07 Å². The lowest BCUT2D eigenvalue weighted by Gasteiger charge is -2.16. The minimum absolute atomic E-state index is 0.0203. The topological polar surface area (TPSA) is 50.1 Å². The van der Waals surface area contributed by atoms with Crippen LogP contribution in [0.2, 0.25) is 10.0 Å². The van der Waals surface area contributed by atoms with Crippen LogP contribution in [0.5, 0.6) is 0 Å². The van der Waals surface area contributed by atoms with Crippen LogP contribution >= 0.6 is 23.2 Å². The number of carbonyl (C=O) groups excluding carboxylic acids is 1. The minimum atomic E-state index is -2.87. The Labute approximate surface area is 108 Å². The fourth-order valence-electron chi connectivity index (χ4n) is 1.17. The van der Waals surface area contributed by atoms with Crippen LogP contribution in [0.3, 0.4) is 0 Å². The number of nitrogens with zero attached hydrogens (tertiary/aromatic N) is 1. The van der Waals surface area contributed by atoms with Crippen molar-refractivity contribution in [3.63, 3.8) is 0 Å². The van der Waals surface area contributed by atoms with E-state index in [2.05, 4.69) is 4.74 Å². The molecular formula is C11H8Cl2FNO2. The summed E-state index contributed by atoms with van der Waals surface area (Å²) in [5.74, 6) is -1.26. The van der Waals surface area contributed by atoms with Crippen LogP contribution in [0.1, 0.15) is 12.5 Å². The molecule has 1 rings (SSSR count). The number of esters is 1. The average Bonchev–Trinajstić information content (AvgIpc) is 2.32. The fraction of sp³-hybridized carbons (Fsp3) is 0.273. The molecule has 1 aromatic carbocycles.